The van der Waals surface area contributed by atoms with Crippen molar-refractivity contribution in [2.75, 3.05) is 12.3 Å². The zero-order valence-corrected chi connectivity index (χ0v) is 12.2. The molecular weight excluding hydrogens is 246 g/mol. The lowest BCUT2D eigenvalue weighted by Crippen LogP contribution is -2.10. The third-order valence-corrected chi connectivity index (χ3v) is 4.28. The van der Waals surface area contributed by atoms with Crippen molar-refractivity contribution in [2.45, 2.75) is 37.8 Å². The average molecular weight is 267 g/mol. The van der Waals surface area contributed by atoms with Crippen LogP contribution in [0.1, 0.15) is 38.1 Å². The van der Waals surface area contributed by atoms with Crippen LogP contribution in [-0.2, 0) is 4.74 Å². The minimum atomic E-state index is -0.303. The first kappa shape index (κ1) is 14.9. The smallest absolute Gasteiger partial charge is 0.339 e. The van der Waals surface area contributed by atoms with Gasteiger partial charge in [0, 0.05) is 15.8 Å². The number of carbonyl (C=O) groups excluding carboxylic acids is 1. The Morgan fingerprint density at radius 1 is 1.39 bits per heavy atom. The van der Waals surface area contributed by atoms with Gasteiger partial charge in [-0.2, -0.15) is 0 Å². The normalized spacial score (nSPS) is 12.5. The summed E-state index contributed by atoms with van der Waals surface area (Å²) in [7, 11) is 0. The van der Waals surface area contributed by atoms with E-state index < -0.39 is 0 Å². The molecule has 100 valence electrons. The van der Waals surface area contributed by atoms with Gasteiger partial charge >= 0.3 is 5.97 Å². The molecule has 1 aromatic rings. The third kappa shape index (κ3) is 3.95. The van der Waals surface area contributed by atoms with Crippen LogP contribution >= 0.6 is 11.8 Å². The topological polar surface area (TPSA) is 52.3 Å². The first-order chi connectivity index (χ1) is 8.45. The molecule has 0 bridgehead atoms. The molecule has 0 radical (unpaired) electrons. The number of ether oxygens (including phenoxy) is 1. The molecule has 0 fully saturated rings. The molecular formula is C14H21NO2S. The molecule has 0 aromatic heterocycles. The minimum Gasteiger partial charge on any atom is -0.462 e. The molecule has 1 unspecified atom stereocenters. The summed E-state index contributed by atoms with van der Waals surface area (Å²) in [5.74, 6) is 0.242. The average Bonchev–Trinajstić information content (AvgIpc) is 2.31. The van der Waals surface area contributed by atoms with E-state index in [2.05, 4.69) is 20.8 Å². The summed E-state index contributed by atoms with van der Waals surface area (Å²) in [4.78, 5) is 12.8. The quantitative estimate of drug-likeness (QED) is 0.503. The monoisotopic (exact) mass is 267 g/mol. The van der Waals surface area contributed by atoms with Crippen LogP contribution in [0.2, 0.25) is 0 Å². The predicted octanol–water partition coefficient (Wildman–Crippen LogP) is 3.58. The molecule has 2 N–H and O–H groups in total. The summed E-state index contributed by atoms with van der Waals surface area (Å²) in [6.45, 7) is 8.66. The van der Waals surface area contributed by atoms with Gasteiger partial charge in [-0.3, -0.25) is 0 Å². The maximum atomic E-state index is 11.9. The molecule has 0 aliphatic heterocycles. The molecule has 0 heterocycles. The van der Waals surface area contributed by atoms with Gasteiger partial charge in [-0.15, -0.1) is 11.8 Å². The molecule has 0 amide bonds. The Labute approximate surface area is 113 Å². The van der Waals surface area contributed by atoms with Crippen LogP contribution in [0.15, 0.2) is 23.1 Å². The van der Waals surface area contributed by atoms with Crippen molar-refractivity contribution in [3.8, 4) is 0 Å². The maximum absolute atomic E-state index is 11.9. The lowest BCUT2D eigenvalue weighted by Gasteiger charge is -2.17. The maximum Gasteiger partial charge on any atom is 0.339 e. The van der Waals surface area contributed by atoms with Crippen molar-refractivity contribution in [3.63, 3.8) is 0 Å². The van der Waals surface area contributed by atoms with Crippen molar-refractivity contribution in [1.29, 1.82) is 0 Å². The van der Waals surface area contributed by atoms with E-state index in [0.29, 0.717) is 29.0 Å². The van der Waals surface area contributed by atoms with Gasteiger partial charge in [-0.05, 0) is 31.0 Å². The highest BCUT2D eigenvalue weighted by atomic mass is 32.2. The molecule has 0 saturated heterocycles. The molecule has 1 atom stereocenters. The largest absolute Gasteiger partial charge is 0.462 e. The van der Waals surface area contributed by atoms with Gasteiger partial charge < -0.3 is 10.5 Å². The summed E-state index contributed by atoms with van der Waals surface area (Å²) in [5.41, 5.74) is 6.88. The Hall–Kier alpha value is -1.16. The Kier molecular flexibility index (Phi) is 5.54. The van der Waals surface area contributed by atoms with Crippen LogP contribution in [0.3, 0.4) is 0 Å². The summed E-state index contributed by atoms with van der Waals surface area (Å²) in [5, 5.41) is 0.432. The summed E-state index contributed by atoms with van der Waals surface area (Å²) in [6, 6.07) is 5.40. The van der Waals surface area contributed by atoms with Crippen molar-refractivity contribution in [1.82, 2.24) is 0 Å². The van der Waals surface area contributed by atoms with Gasteiger partial charge in [0.25, 0.3) is 0 Å². The van der Waals surface area contributed by atoms with Gasteiger partial charge in [0.05, 0.1) is 12.2 Å². The second-order valence-corrected chi connectivity index (χ2v) is 5.96. The summed E-state index contributed by atoms with van der Waals surface area (Å²) >= 11 is 1.68. The van der Waals surface area contributed by atoms with E-state index in [9.17, 15) is 4.79 Å². The van der Waals surface area contributed by atoms with Gasteiger partial charge in [0.1, 0.15) is 0 Å². The second kappa shape index (κ2) is 6.69. The Bertz CT molecular complexity index is 418. The number of esters is 1. The Balaban J connectivity index is 2.99. The molecule has 1 rings (SSSR count). The molecule has 18 heavy (non-hydrogen) atoms. The van der Waals surface area contributed by atoms with Crippen molar-refractivity contribution >= 4 is 23.4 Å². The fourth-order valence-corrected chi connectivity index (χ4v) is 2.44. The van der Waals surface area contributed by atoms with Gasteiger partial charge in [0.2, 0.25) is 0 Å². The van der Waals surface area contributed by atoms with Gasteiger partial charge in [-0.25, -0.2) is 4.79 Å². The van der Waals surface area contributed by atoms with Crippen LogP contribution in [0.25, 0.3) is 0 Å². The van der Waals surface area contributed by atoms with Crippen LogP contribution in [0.4, 0.5) is 5.69 Å². The fourth-order valence-electron chi connectivity index (χ4n) is 1.36. The number of benzene rings is 1. The van der Waals surface area contributed by atoms with E-state index in [0.717, 1.165) is 4.90 Å². The minimum absolute atomic E-state index is 0.303. The zero-order valence-electron chi connectivity index (χ0n) is 11.4. The summed E-state index contributed by atoms with van der Waals surface area (Å²) in [6.07, 6.45) is 0. The molecule has 4 heteroatoms. The predicted molar refractivity (Wildman–Crippen MR) is 77.0 cm³/mol. The number of thioether (sulfide) groups is 1. The van der Waals surface area contributed by atoms with E-state index in [-0.39, 0.29) is 5.97 Å². The molecule has 3 nitrogen and oxygen atoms in total. The fraction of sp³-hybridized carbons (Fsp3) is 0.500. The van der Waals surface area contributed by atoms with Gasteiger partial charge in [0.15, 0.2) is 0 Å². The zero-order chi connectivity index (χ0) is 13.7. The van der Waals surface area contributed by atoms with Crippen molar-refractivity contribution in [3.05, 3.63) is 23.8 Å². The van der Waals surface area contributed by atoms with E-state index in [1.807, 2.05) is 12.1 Å². The number of hydrogen-bond acceptors (Lipinski definition) is 4. The number of hydrogen-bond donors (Lipinski definition) is 1. The van der Waals surface area contributed by atoms with E-state index in [1.54, 1.807) is 24.8 Å². The highest BCUT2D eigenvalue weighted by molar-refractivity contribution is 8.00. The van der Waals surface area contributed by atoms with E-state index in [4.69, 9.17) is 10.5 Å². The molecule has 0 saturated carbocycles. The van der Waals surface area contributed by atoms with Crippen LogP contribution in [0.5, 0.6) is 0 Å². The first-order valence-electron chi connectivity index (χ1n) is 6.19. The molecule has 1 aromatic carbocycles. The lowest BCUT2D eigenvalue weighted by atomic mass is 10.1. The van der Waals surface area contributed by atoms with Crippen molar-refractivity contribution in [2.24, 2.45) is 5.92 Å². The highest BCUT2D eigenvalue weighted by Crippen LogP contribution is 2.32. The standard InChI is InChI=1S/C14H21NO2S/c1-5-17-14(16)12-8-11(15)6-7-13(12)18-10(4)9(2)3/h6-10H,5,15H2,1-4H3. The van der Waals surface area contributed by atoms with Crippen LogP contribution < -0.4 is 5.73 Å². The van der Waals surface area contributed by atoms with E-state index in [1.165, 1.54) is 0 Å². The molecule has 0 spiro atoms. The lowest BCUT2D eigenvalue weighted by molar-refractivity contribution is 0.0522. The van der Waals surface area contributed by atoms with E-state index >= 15 is 0 Å². The third-order valence-electron chi connectivity index (χ3n) is 2.75. The number of nitrogens with two attached hydrogens (primary N) is 1. The SMILES string of the molecule is CCOC(=O)c1cc(N)ccc1SC(C)C(C)C. The summed E-state index contributed by atoms with van der Waals surface area (Å²) < 4.78 is 5.06. The number of anilines is 1. The van der Waals surface area contributed by atoms with Crippen molar-refractivity contribution < 1.29 is 9.53 Å². The highest BCUT2D eigenvalue weighted by Gasteiger charge is 2.17. The van der Waals surface area contributed by atoms with Crippen LogP contribution in [-0.4, -0.2) is 17.8 Å². The second-order valence-electron chi connectivity index (χ2n) is 4.54. The number of nitrogen functional groups attached to an aromatic ring is 1. The van der Waals surface area contributed by atoms with Crippen LogP contribution in [0, 0.1) is 5.92 Å². The molecule has 0 aliphatic rings. The molecule has 0 aliphatic carbocycles. The first-order valence-corrected chi connectivity index (χ1v) is 7.07. The Morgan fingerprint density at radius 2 is 2.06 bits per heavy atom. The van der Waals surface area contributed by atoms with Gasteiger partial charge in [-0.1, -0.05) is 20.8 Å². The Morgan fingerprint density at radius 3 is 2.61 bits per heavy atom. The number of rotatable bonds is 5. The number of carbonyl (C=O) groups is 1.